The third kappa shape index (κ3) is 1.08. The summed E-state index contributed by atoms with van der Waals surface area (Å²) in [4.78, 5) is 22.6. The molecule has 0 aromatic heterocycles. The fraction of sp³-hybridized carbons (Fsp3) is 0.818. The number of carbonyl (C=O) groups is 2. The summed E-state index contributed by atoms with van der Waals surface area (Å²) < 4.78 is 4.97. The lowest BCUT2D eigenvalue weighted by Crippen LogP contribution is -2.58. The highest BCUT2D eigenvalue weighted by atomic mass is 16.6. The second kappa shape index (κ2) is 2.74. The van der Waals surface area contributed by atoms with E-state index in [-0.39, 0.29) is 17.3 Å². The molecule has 0 radical (unpaired) electrons. The Balaban J connectivity index is 2.48. The zero-order chi connectivity index (χ0) is 11.4. The van der Waals surface area contributed by atoms with Crippen molar-refractivity contribution in [1.29, 1.82) is 0 Å². The van der Waals surface area contributed by atoms with Gasteiger partial charge in [0.1, 0.15) is 6.10 Å². The first-order valence-corrected chi connectivity index (χ1v) is 5.22. The summed E-state index contributed by atoms with van der Waals surface area (Å²) in [6.07, 6.45) is 0.319. The Labute approximate surface area is 88.6 Å². The molecular weight excluding hydrogens is 196 g/mol. The van der Waals surface area contributed by atoms with Gasteiger partial charge in [-0.05, 0) is 18.3 Å². The van der Waals surface area contributed by atoms with Crippen LogP contribution in [0.15, 0.2) is 0 Å². The van der Waals surface area contributed by atoms with Gasteiger partial charge in [0, 0.05) is 5.41 Å². The van der Waals surface area contributed by atoms with Gasteiger partial charge in [-0.25, -0.2) is 0 Å². The van der Waals surface area contributed by atoms with E-state index in [9.17, 15) is 14.7 Å². The van der Waals surface area contributed by atoms with Gasteiger partial charge in [0.2, 0.25) is 0 Å². The van der Waals surface area contributed by atoms with Crippen LogP contribution in [-0.4, -0.2) is 18.0 Å². The summed E-state index contributed by atoms with van der Waals surface area (Å²) in [7, 11) is 0. The number of fused-ring (bicyclic) bond motifs is 2. The zero-order valence-electron chi connectivity index (χ0n) is 9.20. The second-order valence-electron chi connectivity index (χ2n) is 5.37. The number of aliphatic carboxylic acids is 1. The van der Waals surface area contributed by atoms with Crippen molar-refractivity contribution in [3.05, 3.63) is 0 Å². The molecule has 1 saturated heterocycles. The molecule has 1 heterocycles. The minimum absolute atomic E-state index is 0.168. The van der Waals surface area contributed by atoms with Gasteiger partial charge in [0.15, 0.2) is 0 Å². The predicted octanol–water partition coefficient (Wildman–Crippen LogP) is 0.104. The van der Waals surface area contributed by atoms with Crippen LogP contribution >= 0.6 is 0 Å². The molecule has 0 amide bonds. The first-order chi connectivity index (χ1) is 6.80. The molecule has 2 rings (SSSR count). The van der Waals surface area contributed by atoms with Crippen molar-refractivity contribution in [2.45, 2.75) is 39.7 Å². The van der Waals surface area contributed by atoms with Gasteiger partial charge < -0.3 is 14.6 Å². The highest BCUT2D eigenvalue weighted by molar-refractivity contribution is 5.82. The molecule has 84 valence electrons. The van der Waals surface area contributed by atoms with Crippen molar-refractivity contribution in [2.24, 2.45) is 16.7 Å². The second-order valence-corrected chi connectivity index (χ2v) is 5.37. The lowest BCUT2D eigenvalue weighted by molar-refractivity contribution is -0.325. The number of carbonyl (C=O) groups excluding carboxylic acids is 2. The molecule has 0 N–H and O–H groups in total. The molecule has 3 atom stereocenters. The van der Waals surface area contributed by atoms with E-state index in [1.54, 1.807) is 0 Å². The van der Waals surface area contributed by atoms with Crippen molar-refractivity contribution in [3.63, 3.8) is 0 Å². The van der Waals surface area contributed by atoms with Crippen LogP contribution in [0.25, 0.3) is 0 Å². The molecule has 0 unspecified atom stereocenters. The monoisotopic (exact) mass is 211 g/mol. The molecule has 0 aromatic rings. The largest absolute Gasteiger partial charge is 0.546 e. The molecule has 2 aliphatic rings. The summed E-state index contributed by atoms with van der Waals surface area (Å²) in [6.45, 7) is 5.77. The Bertz CT molecular complexity index is 333. The van der Waals surface area contributed by atoms with Crippen molar-refractivity contribution in [3.8, 4) is 0 Å². The SMILES string of the molecule is CC1(C)[C@H]2CC[C@]1(C)[C@H](C(=O)[O-])OC2=O. The summed E-state index contributed by atoms with van der Waals surface area (Å²) in [6, 6.07) is 0. The van der Waals surface area contributed by atoms with Crippen molar-refractivity contribution in [1.82, 2.24) is 0 Å². The molecule has 1 aliphatic heterocycles. The number of carboxylic acids is 1. The van der Waals surface area contributed by atoms with E-state index in [4.69, 9.17) is 4.74 Å². The number of ether oxygens (including phenoxy) is 1. The van der Waals surface area contributed by atoms with Gasteiger partial charge in [-0.2, -0.15) is 0 Å². The van der Waals surface area contributed by atoms with E-state index in [0.29, 0.717) is 12.8 Å². The van der Waals surface area contributed by atoms with Crippen LogP contribution in [0.1, 0.15) is 33.6 Å². The standard InChI is InChI=1S/C11H16O4/c1-10(2)6-4-5-11(10,3)7(8(12)13)15-9(6)14/h6-7H,4-5H2,1-3H3,(H,12,13)/p-1/t6-,7-,11+/m0/s1. The molecule has 4 heteroatoms. The van der Waals surface area contributed by atoms with Crippen LogP contribution in [0.2, 0.25) is 0 Å². The van der Waals surface area contributed by atoms with Crippen molar-refractivity contribution in [2.75, 3.05) is 0 Å². The fourth-order valence-electron chi connectivity index (χ4n) is 3.04. The maximum Gasteiger partial charge on any atom is 0.310 e. The van der Waals surface area contributed by atoms with E-state index in [1.165, 1.54) is 0 Å². The fourth-order valence-corrected chi connectivity index (χ4v) is 3.04. The van der Waals surface area contributed by atoms with Crippen molar-refractivity contribution >= 4 is 11.9 Å². The Morgan fingerprint density at radius 2 is 2.07 bits per heavy atom. The van der Waals surface area contributed by atoms with Crippen LogP contribution in [0.4, 0.5) is 0 Å². The summed E-state index contributed by atoms with van der Waals surface area (Å²) in [5, 5.41) is 11.0. The smallest absolute Gasteiger partial charge is 0.310 e. The number of hydrogen-bond acceptors (Lipinski definition) is 4. The Hall–Kier alpha value is -1.06. The van der Waals surface area contributed by atoms with Crippen LogP contribution in [0, 0.1) is 16.7 Å². The van der Waals surface area contributed by atoms with Crippen LogP contribution in [0.3, 0.4) is 0 Å². The minimum Gasteiger partial charge on any atom is -0.546 e. The minimum atomic E-state index is -1.28. The summed E-state index contributed by atoms with van der Waals surface area (Å²) in [5.41, 5.74) is -0.822. The van der Waals surface area contributed by atoms with E-state index in [1.807, 2.05) is 20.8 Å². The van der Waals surface area contributed by atoms with Crippen molar-refractivity contribution < 1.29 is 19.4 Å². The quantitative estimate of drug-likeness (QED) is 0.577. The van der Waals surface area contributed by atoms with Crippen LogP contribution in [0.5, 0.6) is 0 Å². The lowest BCUT2D eigenvalue weighted by Gasteiger charge is -2.49. The number of cyclic esters (lactones) is 1. The average Bonchev–Trinajstić information content (AvgIpc) is 2.28. The highest BCUT2D eigenvalue weighted by Crippen LogP contribution is 2.61. The molecule has 1 saturated carbocycles. The highest BCUT2D eigenvalue weighted by Gasteiger charge is 2.63. The van der Waals surface area contributed by atoms with E-state index in [0.717, 1.165) is 0 Å². The molecule has 2 fully saturated rings. The van der Waals surface area contributed by atoms with Gasteiger partial charge >= 0.3 is 5.97 Å². The molecule has 0 aromatic carbocycles. The molecule has 4 nitrogen and oxygen atoms in total. The predicted molar refractivity (Wildman–Crippen MR) is 49.5 cm³/mol. The lowest BCUT2D eigenvalue weighted by atomic mass is 9.61. The first-order valence-electron chi connectivity index (χ1n) is 5.22. The topological polar surface area (TPSA) is 66.4 Å². The molecule has 0 spiro atoms. The maximum atomic E-state index is 11.6. The zero-order valence-corrected chi connectivity index (χ0v) is 9.20. The molecular formula is C11H15O4-. The van der Waals surface area contributed by atoms with Gasteiger partial charge in [-0.1, -0.05) is 20.8 Å². The normalized spacial score (nSPS) is 42.5. The number of rotatable bonds is 1. The number of carboxylic acid groups (broad SMARTS) is 1. The molecule has 2 bridgehead atoms. The Morgan fingerprint density at radius 3 is 2.60 bits per heavy atom. The summed E-state index contributed by atoms with van der Waals surface area (Å²) in [5.74, 6) is -1.83. The number of hydrogen-bond donors (Lipinski definition) is 0. The maximum absolute atomic E-state index is 11.6. The molecule has 1 aliphatic carbocycles. The Kier molecular flexibility index (Phi) is 1.91. The van der Waals surface area contributed by atoms with Gasteiger partial charge in [-0.15, -0.1) is 0 Å². The molecule has 15 heavy (non-hydrogen) atoms. The van der Waals surface area contributed by atoms with E-state index < -0.39 is 17.5 Å². The third-order valence-electron chi connectivity index (χ3n) is 4.61. The number of esters is 1. The summed E-state index contributed by atoms with van der Waals surface area (Å²) >= 11 is 0. The van der Waals surface area contributed by atoms with E-state index >= 15 is 0 Å². The van der Waals surface area contributed by atoms with Gasteiger partial charge in [0.05, 0.1) is 11.9 Å². The van der Waals surface area contributed by atoms with Crippen LogP contribution < -0.4 is 5.11 Å². The first kappa shape index (κ1) is 10.5. The van der Waals surface area contributed by atoms with Gasteiger partial charge in [-0.3, -0.25) is 4.79 Å². The van der Waals surface area contributed by atoms with E-state index in [2.05, 4.69) is 0 Å². The third-order valence-corrected chi connectivity index (χ3v) is 4.61. The Morgan fingerprint density at radius 1 is 1.47 bits per heavy atom. The average molecular weight is 211 g/mol. The van der Waals surface area contributed by atoms with Gasteiger partial charge in [0.25, 0.3) is 0 Å². The van der Waals surface area contributed by atoms with Crippen LogP contribution in [-0.2, 0) is 14.3 Å².